The molecule has 0 aromatic heterocycles. The van der Waals surface area contributed by atoms with Gasteiger partial charge in [-0.05, 0) is 57.1 Å². The van der Waals surface area contributed by atoms with Crippen LogP contribution in [0.3, 0.4) is 0 Å². The average molecular weight is 293 g/mol. The Kier molecular flexibility index (Phi) is 6.17. The van der Waals surface area contributed by atoms with Gasteiger partial charge in [0, 0.05) is 19.3 Å². The molecule has 1 aromatic rings. The molecule has 0 fully saturated rings. The number of aryl methyl sites for hydroxylation is 1. The van der Waals surface area contributed by atoms with Gasteiger partial charge >= 0.3 is 12.0 Å². The van der Waals surface area contributed by atoms with Gasteiger partial charge in [-0.1, -0.05) is 0 Å². The molecule has 6 nitrogen and oxygen atoms in total. The molecule has 0 heterocycles. The highest BCUT2D eigenvalue weighted by molar-refractivity contribution is 5.94. The monoisotopic (exact) mass is 293 g/mol. The Balaban J connectivity index is 2.78. The number of carboxylic acids is 1. The third-order valence-corrected chi connectivity index (χ3v) is 3.42. The Morgan fingerprint density at radius 2 is 1.95 bits per heavy atom. The van der Waals surface area contributed by atoms with Gasteiger partial charge in [0.15, 0.2) is 0 Å². The van der Waals surface area contributed by atoms with E-state index >= 15 is 0 Å². The van der Waals surface area contributed by atoms with Crippen LogP contribution in [0.4, 0.5) is 10.5 Å². The number of aromatic carboxylic acids is 1. The first-order valence-corrected chi connectivity index (χ1v) is 6.88. The first-order valence-electron chi connectivity index (χ1n) is 6.88. The van der Waals surface area contributed by atoms with Crippen LogP contribution in [0.1, 0.15) is 27.9 Å². The van der Waals surface area contributed by atoms with E-state index in [9.17, 15) is 14.7 Å². The second kappa shape index (κ2) is 7.64. The van der Waals surface area contributed by atoms with Crippen LogP contribution in [0.5, 0.6) is 0 Å². The molecule has 0 aliphatic carbocycles. The highest BCUT2D eigenvalue weighted by Crippen LogP contribution is 2.20. The molecule has 0 saturated heterocycles. The van der Waals surface area contributed by atoms with Crippen molar-refractivity contribution in [1.82, 2.24) is 10.2 Å². The van der Waals surface area contributed by atoms with Crippen LogP contribution in [0, 0.1) is 13.8 Å². The highest BCUT2D eigenvalue weighted by atomic mass is 16.4. The van der Waals surface area contributed by atoms with Crippen molar-refractivity contribution in [2.24, 2.45) is 0 Å². The largest absolute Gasteiger partial charge is 0.478 e. The van der Waals surface area contributed by atoms with Gasteiger partial charge in [0.2, 0.25) is 0 Å². The lowest BCUT2D eigenvalue weighted by atomic mass is 10.0. The first-order chi connectivity index (χ1) is 9.86. The minimum Gasteiger partial charge on any atom is -0.478 e. The van der Waals surface area contributed by atoms with Crippen molar-refractivity contribution < 1.29 is 14.7 Å². The summed E-state index contributed by atoms with van der Waals surface area (Å²) >= 11 is 0. The second-order valence-corrected chi connectivity index (χ2v) is 5.08. The molecule has 3 N–H and O–H groups in total. The number of nitrogens with zero attached hydrogens (tertiary/aromatic N) is 1. The third-order valence-electron chi connectivity index (χ3n) is 3.42. The fourth-order valence-corrected chi connectivity index (χ4v) is 1.97. The number of hydrogen-bond acceptors (Lipinski definition) is 3. The zero-order valence-electron chi connectivity index (χ0n) is 13.0. The topological polar surface area (TPSA) is 81.7 Å². The summed E-state index contributed by atoms with van der Waals surface area (Å²) in [7, 11) is 3.58. The summed E-state index contributed by atoms with van der Waals surface area (Å²) in [6, 6.07) is 3.02. The lowest BCUT2D eigenvalue weighted by molar-refractivity contribution is 0.0696. The van der Waals surface area contributed by atoms with Crippen molar-refractivity contribution in [3.8, 4) is 0 Å². The van der Waals surface area contributed by atoms with Crippen LogP contribution in [0.15, 0.2) is 12.1 Å². The Hall–Kier alpha value is -2.08. The van der Waals surface area contributed by atoms with Crippen LogP contribution in [0.25, 0.3) is 0 Å². The van der Waals surface area contributed by atoms with Crippen molar-refractivity contribution in [2.45, 2.75) is 20.3 Å². The van der Waals surface area contributed by atoms with E-state index in [1.165, 1.54) is 6.07 Å². The summed E-state index contributed by atoms with van der Waals surface area (Å²) in [5, 5.41) is 14.9. The molecule has 1 aromatic carbocycles. The maximum absolute atomic E-state index is 12.0. The molecule has 0 aliphatic rings. The summed E-state index contributed by atoms with van der Waals surface area (Å²) in [5.74, 6) is -0.992. The SMILES string of the molecule is CNCCCN(C)C(=O)Nc1cc(C)c(C)c(C(=O)O)c1. The molecule has 2 amide bonds. The van der Waals surface area contributed by atoms with Gasteiger partial charge in [0.25, 0.3) is 0 Å². The summed E-state index contributed by atoms with van der Waals surface area (Å²) in [5.41, 5.74) is 2.26. The van der Waals surface area contributed by atoms with E-state index in [4.69, 9.17) is 0 Å². The van der Waals surface area contributed by atoms with Gasteiger partial charge in [-0.15, -0.1) is 0 Å². The van der Waals surface area contributed by atoms with Gasteiger partial charge in [-0.3, -0.25) is 0 Å². The number of carboxylic acid groups (broad SMARTS) is 1. The smallest absolute Gasteiger partial charge is 0.336 e. The summed E-state index contributed by atoms with van der Waals surface area (Å²) in [6.07, 6.45) is 0.855. The van der Waals surface area contributed by atoms with Crippen LogP contribution < -0.4 is 10.6 Å². The summed E-state index contributed by atoms with van der Waals surface area (Å²) in [4.78, 5) is 24.8. The lowest BCUT2D eigenvalue weighted by Gasteiger charge is -2.18. The van der Waals surface area contributed by atoms with Crippen LogP contribution in [-0.4, -0.2) is 49.2 Å². The Morgan fingerprint density at radius 1 is 1.29 bits per heavy atom. The number of nitrogens with one attached hydrogen (secondary N) is 2. The number of benzene rings is 1. The highest BCUT2D eigenvalue weighted by Gasteiger charge is 2.13. The van der Waals surface area contributed by atoms with E-state index in [1.807, 2.05) is 14.0 Å². The molecule has 0 radical (unpaired) electrons. The Morgan fingerprint density at radius 3 is 2.52 bits per heavy atom. The maximum Gasteiger partial charge on any atom is 0.336 e. The molecule has 0 bridgehead atoms. The average Bonchev–Trinajstić information content (AvgIpc) is 2.42. The summed E-state index contributed by atoms with van der Waals surface area (Å²) in [6.45, 7) is 5.05. The minimum atomic E-state index is -0.992. The molecule has 116 valence electrons. The van der Waals surface area contributed by atoms with Crippen molar-refractivity contribution >= 4 is 17.7 Å². The molecule has 0 aliphatic heterocycles. The van der Waals surface area contributed by atoms with Crippen molar-refractivity contribution in [2.75, 3.05) is 32.5 Å². The van der Waals surface area contributed by atoms with Gasteiger partial charge in [0.05, 0.1) is 5.56 Å². The van der Waals surface area contributed by atoms with Gasteiger partial charge in [0.1, 0.15) is 0 Å². The lowest BCUT2D eigenvalue weighted by Crippen LogP contribution is -2.33. The number of rotatable bonds is 6. The number of carbonyl (C=O) groups excluding carboxylic acids is 1. The van der Waals surface area contributed by atoms with Crippen LogP contribution in [0.2, 0.25) is 0 Å². The number of hydrogen-bond donors (Lipinski definition) is 3. The number of urea groups is 1. The van der Waals surface area contributed by atoms with E-state index in [-0.39, 0.29) is 11.6 Å². The van der Waals surface area contributed by atoms with Gasteiger partial charge < -0.3 is 20.6 Å². The molecule has 1 rings (SSSR count). The number of carbonyl (C=O) groups is 2. The zero-order chi connectivity index (χ0) is 16.0. The normalized spacial score (nSPS) is 10.3. The predicted molar refractivity (Wildman–Crippen MR) is 83.1 cm³/mol. The molecule has 0 atom stereocenters. The number of amides is 2. The molecular weight excluding hydrogens is 270 g/mol. The third kappa shape index (κ3) is 4.75. The molecular formula is C15H23N3O3. The van der Waals surface area contributed by atoms with Crippen molar-refractivity contribution in [3.05, 3.63) is 28.8 Å². The van der Waals surface area contributed by atoms with Crippen molar-refractivity contribution in [3.63, 3.8) is 0 Å². The molecule has 6 heteroatoms. The van der Waals surface area contributed by atoms with E-state index in [2.05, 4.69) is 10.6 Å². The number of anilines is 1. The van der Waals surface area contributed by atoms with E-state index in [0.717, 1.165) is 18.5 Å². The van der Waals surface area contributed by atoms with E-state index in [1.54, 1.807) is 24.9 Å². The maximum atomic E-state index is 12.0. The predicted octanol–water partition coefficient (Wildman–Crippen LogP) is 2.07. The van der Waals surface area contributed by atoms with E-state index < -0.39 is 5.97 Å². The zero-order valence-corrected chi connectivity index (χ0v) is 13.0. The molecule has 0 spiro atoms. The molecule has 0 saturated carbocycles. The Bertz CT molecular complexity index is 529. The van der Waals surface area contributed by atoms with E-state index in [0.29, 0.717) is 17.8 Å². The Labute approximate surface area is 125 Å². The van der Waals surface area contributed by atoms with Crippen molar-refractivity contribution in [1.29, 1.82) is 0 Å². The minimum absolute atomic E-state index is 0.211. The van der Waals surface area contributed by atoms with Crippen LogP contribution in [-0.2, 0) is 0 Å². The quantitative estimate of drug-likeness (QED) is 0.701. The fourth-order valence-electron chi connectivity index (χ4n) is 1.97. The second-order valence-electron chi connectivity index (χ2n) is 5.08. The standard InChI is InChI=1S/C15H23N3O3/c1-10-8-12(9-13(11(10)2)14(19)20)17-15(21)18(4)7-5-6-16-3/h8-9,16H,5-7H2,1-4H3,(H,17,21)(H,19,20). The fraction of sp³-hybridized carbons (Fsp3) is 0.467. The first kappa shape index (κ1) is 17.0. The molecule has 21 heavy (non-hydrogen) atoms. The van der Waals surface area contributed by atoms with Gasteiger partial charge in [-0.2, -0.15) is 0 Å². The summed E-state index contributed by atoms with van der Waals surface area (Å²) < 4.78 is 0. The van der Waals surface area contributed by atoms with Gasteiger partial charge in [-0.25, -0.2) is 9.59 Å². The van der Waals surface area contributed by atoms with Crippen LogP contribution >= 0.6 is 0 Å². The molecule has 0 unspecified atom stereocenters.